The van der Waals surface area contributed by atoms with Crippen LogP contribution >= 0.6 is 11.8 Å². The van der Waals surface area contributed by atoms with Crippen LogP contribution in [-0.4, -0.2) is 18.1 Å². The molecule has 0 radical (unpaired) electrons. The Morgan fingerprint density at radius 3 is 2.78 bits per heavy atom. The first kappa shape index (κ1) is 13.5. The fraction of sp³-hybridized carbons (Fsp3) is 0.467. The topological polar surface area (TPSA) is 25.2 Å². The molecule has 2 atom stereocenters. The molecule has 3 heteroatoms. The minimum absolute atomic E-state index is 0.270. The monoisotopic (exact) mass is 263 g/mol. The van der Waals surface area contributed by atoms with Gasteiger partial charge in [-0.1, -0.05) is 25.1 Å². The molecule has 2 aromatic rings. The zero-order valence-electron chi connectivity index (χ0n) is 11.3. The van der Waals surface area contributed by atoms with E-state index in [1.165, 1.54) is 11.8 Å². The number of para-hydroxylation sites is 1. The predicted molar refractivity (Wildman–Crippen MR) is 80.2 cm³/mol. The molecule has 0 amide bonds. The number of hydrogen-bond acceptors (Lipinski definition) is 3. The first-order valence-corrected chi connectivity index (χ1v) is 7.74. The molecule has 2 rings (SSSR count). The van der Waals surface area contributed by atoms with Crippen molar-refractivity contribution in [2.24, 2.45) is 0 Å². The standard InChI is InChI=1S/C15H21NOS/c1-11(18-3)8-9-16-12(2)15-10-13-6-4-5-7-14(13)17-15/h4-7,10-12,16H,8-9H2,1-3H3. The SMILES string of the molecule is CSC(C)CCNC(C)c1cc2ccccc2o1. The quantitative estimate of drug-likeness (QED) is 0.844. The number of fused-ring (bicyclic) bond motifs is 1. The normalized spacial score (nSPS) is 14.8. The lowest BCUT2D eigenvalue weighted by atomic mass is 10.2. The summed E-state index contributed by atoms with van der Waals surface area (Å²) < 4.78 is 5.85. The molecule has 18 heavy (non-hydrogen) atoms. The summed E-state index contributed by atoms with van der Waals surface area (Å²) in [6, 6.07) is 10.6. The maximum atomic E-state index is 5.85. The first-order valence-electron chi connectivity index (χ1n) is 6.45. The fourth-order valence-corrected chi connectivity index (χ4v) is 2.29. The van der Waals surface area contributed by atoms with Crippen molar-refractivity contribution in [2.75, 3.05) is 12.8 Å². The number of hydrogen-bond donors (Lipinski definition) is 1. The van der Waals surface area contributed by atoms with Crippen LogP contribution in [0, 0.1) is 0 Å². The molecule has 2 nitrogen and oxygen atoms in total. The summed E-state index contributed by atoms with van der Waals surface area (Å²) in [5.74, 6) is 1.02. The molecule has 0 aliphatic heterocycles. The van der Waals surface area contributed by atoms with Crippen molar-refractivity contribution < 1.29 is 4.42 Å². The average Bonchev–Trinajstić information content (AvgIpc) is 2.82. The molecule has 0 aliphatic rings. The van der Waals surface area contributed by atoms with Crippen LogP contribution in [0.25, 0.3) is 11.0 Å². The molecular weight excluding hydrogens is 242 g/mol. The second-order valence-corrected chi connectivity index (χ2v) is 5.97. The second-order valence-electron chi connectivity index (χ2n) is 4.70. The van der Waals surface area contributed by atoms with E-state index in [1.54, 1.807) is 0 Å². The number of benzene rings is 1. The van der Waals surface area contributed by atoms with Gasteiger partial charge in [0.05, 0.1) is 6.04 Å². The Kier molecular flexibility index (Phi) is 4.72. The molecule has 1 aromatic heterocycles. The minimum Gasteiger partial charge on any atom is -0.459 e. The van der Waals surface area contributed by atoms with E-state index in [-0.39, 0.29) is 6.04 Å². The van der Waals surface area contributed by atoms with Gasteiger partial charge in [-0.05, 0) is 38.3 Å². The molecule has 0 aliphatic carbocycles. The smallest absolute Gasteiger partial charge is 0.134 e. The number of thioether (sulfide) groups is 1. The Bertz CT molecular complexity index is 461. The highest BCUT2D eigenvalue weighted by molar-refractivity contribution is 7.99. The molecule has 0 bridgehead atoms. The van der Waals surface area contributed by atoms with Crippen molar-refractivity contribution in [2.45, 2.75) is 31.6 Å². The third-order valence-electron chi connectivity index (χ3n) is 3.28. The molecular formula is C15H21NOS. The van der Waals surface area contributed by atoms with Gasteiger partial charge in [-0.25, -0.2) is 0 Å². The predicted octanol–water partition coefficient (Wildman–Crippen LogP) is 4.23. The van der Waals surface area contributed by atoms with E-state index >= 15 is 0 Å². The highest BCUT2D eigenvalue weighted by atomic mass is 32.2. The van der Waals surface area contributed by atoms with Crippen molar-refractivity contribution >= 4 is 22.7 Å². The van der Waals surface area contributed by atoms with Gasteiger partial charge in [0.15, 0.2) is 0 Å². The zero-order chi connectivity index (χ0) is 13.0. The van der Waals surface area contributed by atoms with Gasteiger partial charge in [0.2, 0.25) is 0 Å². The molecule has 0 saturated carbocycles. The van der Waals surface area contributed by atoms with Crippen LogP contribution in [0.1, 0.15) is 32.1 Å². The van der Waals surface area contributed by atoms with Crippen molar-refractivity contribution in [3.05, 3.63) is 36.1 Å². The van der Waals surface area contributed by atoms with Gasteiger partial charge in [0, 0.05) is 10.6 Å². The molecule has 1 aromatic carbocycles. The van der Waals surface area contributed by atoms with Gasteiger partial charge in [0.1, 0.15) is 11.3 Å². The van der Waals surface area contributed by atoms with Gasteiger partial charge in [-0.2, -0.15) is 11.8 Å². The first-order chi connectivity index (χ1) is 8.70. The van der Waals surface area contributed by atoms with Crippen LogP contribution in [0.5, 0.6) is 0 Å². The van der Waals surface area contributed by atoms with E-state index in [0.717, 1.165) is 17.9 Å². The van der Waals surface area contributed by atoms with Crippen molar-refractivity contribution in [1.29, 1.82) is 0 Å². The molecule has 0 saturated heterocycles. The summed E-state index contributed by atoms with van der Waals surface area (Å²) in [6.45, 7) is 5.44. The molecule has 0 spiro atoms. The van der Waals surface area contributed by atoms with Gasteiger partial charge >= 0.3 is 0 Å². The Labute approximate surface area is 113 Å². The summed E-state index contributed by atoms with van der Waals surface area (Å²) in [5, 5.41) is 5.41. The second kappa shape index (κ2) is 6.30. The highest BCUT2D eigenvalue weighted by Crippen LogP contribution is 2.23. The van der Waals surface area contributed by atoms with Gasteiger partial charge in [-0.15, -0.1) is 0 Å². The van der Waals surface area contributed by atoms with E-state index in [2.05, 4.69) is 37.6 Å². The number of nitrogens with one attached hydrogen (secondary N) is 1. The van der Waals surface area contributed by atoms with Crippen LogP contribution in [0.4, 0.5) is 0 Å². The Morgan fingerprint density at radius 2 is 2.06 bits per heavy atom. The molecule has 1 heterocycles. The van der Waals surface area contributed by atoms with Gasteiger partial charge in [-0.3, -0.25) is 0 Å². The van der Waals surface area contributed by atoms with Crippen molar-refractivity contribution in [3.8, 4) is 0 Å². The highest BCUT2D eigenvalue weighted by Gasteiger charge is 2.10. The number of furan rings is 1. The fourth-order valence-electron chi connectivity index (χ4n) is 1.94. The van der Waals surface area contributed by atoms with E-state index in [0.29, 0.717) is 5.25 Å². The summed E-state index contributed by atoms with van der Waals surface area (Å²) >= 11 is 1.91. The van der Waals surface area contributed by atoms with Crippen molar-refractivity contribution in [3.63, 3.8) is 0 Å². The number of rotatable bonds is 6. The molecule has 1 N–H and O–H groups in total. The van der Waals surface area contributed by atoms with Crippen LogP contribution in [0.2, 0.25) is 0 Å². The molecule has 2 unspecified atom stereocenters. The largest absolute Gasteiger partial charge is 0.459 e. The van der Waals surface area contributed by atoms with E-state index in [1.807, 2.05) is 30.0 Å². The lowest BCUT2D eigenvalue weighted by Gasteiger charge is -2.13. The Hall–Kier alpha value is -0.930. The summed E-state index contributed by atoms with van der Waals surface area (Å²) in [4.78, 5) is 0. The van der Waals surface area contributed by atoms with Gasteiger partial charge < -0.3 is 9.73 Å². The summed E-state index contributed by atoms with van der Waals surface area (Å²) in [7, 11) is 0. The van der Waals surface area contributed by atoms with Crippen LogP contribution < -0.4 is 5.32 Å². The lowest BCUT2D eigenvalue weighted by Crippen LogP contribution is -2.21. The van der Waals surface area contributed by atoms with Crippen LogP contribution in [-0.2, 0) is 0 Å². The maximum absolute atomic E-state index is 5.85. The average molecular weight is 263 g/mol. The Morgan fingerprint density at radius 1 is 1.28 bits per heavy atom. The van der Waals surface area contributed by atoms with E-state index < -0.39 is 0 Å². The maximum Gasteiger partial charge on any atom is 0.134 e. The summed E-state index contributed by atoms with van der Waals surface area (Å²) in [6.07, 6.45) is 3.35. The van der Waals surface area contributed by atoms with E-state index in [4.69, 9.17) is 4.42 Å². The van der Waals surface area contributed by atoms with Gasteiger partial charge in [0.25, 0.3) is 0 Å². The minimum atomic E-state index is 0.270. The third-order valence-corrected chi connectivity index (χ3v) is 4.32. The van der Waals surface area contributed by atoms with Crippen LogP contribution in [0.15, 0.2) is 34.7 Å². The summed E-state index contributed by atoms with van der Waals surface area (Å²) in [5.41, 5.74) is 0.971. The van der Waals surface area contributed by atoms with Crippen LogP contribution in [0.3, 0.4) is 0 Å². The molecule has 98 valence electrons. The Balaban J connectivity index is 1.94. The zero-order valence-corrected chi connectivity index (χ0v) is 12.1. The third kappa shape index (κ3) is 3.30. The van der Waals surface area contributed by atoms with E-state index in [9.17, 15) is 0 Å². The lowest BCUT2D eigenvalue weighted by molar-refractivity contribution is 0.449. The van der Waals surface area contributed by atoms with Crippen molar-refractivity contribution in [1.82, 2.24) is 5.32 Å². The molecule has 0 fully saturated rings.